The molecule has 24 heavy (non-hydrogen) atoms. The second-order valence-electron chi connectivity index (χ2n) is 5.70. The molecule has 0 spiro atoms. The van der Waals surface area contributed by atoms with E-state index in [9.17, 15) is 8.42 Å². The van der Waals surface area contributed by atoms with Crippen molar-refractivity contribution in [3.05, 3.63) is 46.9 Å². The first-order valence-electron chi connectivity index (χ1n) is 7.59. The van der Waals surface area contributed by atoms with Crippen molar-refractivity contribution in [2.24, 2.45) is 0 Å². The zero-order chi connectivity index (χ0) is 17.3. The molecule has 3 rings (SSSR count). The molecule has 2 aromatic rings. The summed E-state index contributed by atoms with van der Waals surface area (Å²) in [5.41, 5.74) is 0.565. The predicted octanol–water partition coefficient (Wildman–Crippen LogP) is 2.59. The number of nitrogens with zero attached hydrogens (tertiary/aromatic N) is 3. The molecule has 1 aliphatic heterocycles. The van der Waals surface area contributed by atoms with Crippen LogP contribution in [0.5, 0.6) is 5.88 Å². The van der Waals surface area contributed by atoms with E-state index < -0.39 is 10.0 Å². The predicted molar refractivity (Wildman–Crippen MR) is 90.7 cm³/mol. The quantitative estimate of drug-likeness (QED) is 0.830. The highest BCUT2D eigenvalue weighted by atomic mass is 35.5. The lowest BCUT2D eigenvalue weighted by molar-refractivity contribution is 0.206. The van der Waals surface area contributed by atoms with E-state index in [1.807, 2.05) is 0 Å². The molecule has 0 saturated carbocycles. The minimum Gasteiger partial charge on any atom is -0.473 e. The average Bonchev–Trinajstić information content (AvgIpc) is 2.99. The largest absolute Gasteiger partial charge is 0.473 e. The number of hydrogen-bond donors (Lipinski definition) is 0. The Morgan fingerprint density at radius 3 is 2.83 bits per heavy atom. The van der Waals surface area contributed by atoms with Gasteiger partial charge in [-0.3, -0.25) is 0 Å². The number of sulfonamides is 1. The molecule has 0 amide bonds. The average molecular weight is 368 g/mol. The summed E-state index contributed by atoms with van der Waals surface area (Å²) in [5, 5.41) is 0.444. The van der Waals surface area contributed by atoms with Crippen molar-refractivity contribution < 1.29 is 13.2 Å². The molecule has 1 atom stereocenters. The van der Waals surface area contributed by atoms with Crippen molar-refractivity contribution in [1.29, 1.82) is 0 Å². The number of hydrogen-bond acceptors (Lipinski definition) is 5. The van der Waals surface area contributed by atoms with Gasteiger partial charge < -0.3 is 4.74 Å². The molecule has 0 unspecified atom stereocenters. The molecule has 1 aromatic heterocycles. The van der Waals surface area contributed by atoms with Gasteiger partial charge in [0.05, 0.1) is 11.4 Å². The fraction of sp³-hybridized carbons (Fsp3) is 0.375. The van der Waals surface area contributed by atoms with E-state index in [-0.39, 0.29) is 17.5 Å². The summed E-state index contributed by atoms with van der Waals surface area (Å²) >= 11 is 6.06. The third-order valence-electron chi connectivity index (χ3n) is 3.98. The Bertz CT molecular complexity index is 857. The molecule has 1 saturated heterocycles. The standard InChI is InChI=1S/C16H18ClN3O3S/c1-11-14(17)4-3-5-15(11)24(21,22)20-9-7-13(10-20)23-16-6-8-18-12(2)19-16/h3-6,8,13H,7,9-10H2,1-2H3/t13-/m0/s1. The molecule has 1 fully saturated rings. The Morgan fingerprint density at radius 1 is 1.29 bits per heavy atom. The van der Waals surface area contributed by atoms with Gasteiger partial charge in [-0.1, -0.05) is 17.7 Å². The Balaban J connectivity index is 1.76. The maximum atomic E-state index is 12.8. The normalized spacial score (nSPS) is 18.7. The molecular formula is C16H18ClN3O3S. The molecule has 1 aromatic carbocycles. The van der Waals surface area contributed by atoms with E-state index in [1.165, 1.54) is 4.31 Å². The maximum Gasteiger partial charge on any atom is 0.243 e. The molecule has 0 radical (unpaired) electrons. The summed E-state index contributed by atoms with van der Waals surface area (Å²) in [6, 6.07) is 6.59. The number of ether oxygens (including phenoxy) is 1. The maximum absolute atomic E-state index is 12.8. The first-order valence-corrected chi connectivity index (χ1v) is 9.41. The molecule has 0 aliphatic carbocycles. The Hall–Kier alpha value is -1.70. The zero-order valence-electron chi connectivity index (χ0n) is 13.4. The van der Waals surface area contributed by atoms with E-state index in [4.69, 9.17) is 16.3 Å². The van der Waals surface area contributed by atoms with Crippen molar-refractivity contribution in [2.45, 2.75) is 31.3 Å². The van der Waals surface area contributed by atoms with Crippen molar-refractivity contribution in [3.8, 4) is 5.88 Å². The van der Waals surface area contributed by atoms with Gasteiger partial charge in [0.2, 0.25) is 15.9 Å². The fourth-order valence-corrected chi connectivity index (χ4v) is 4.65. The number of halogens is 1. The minimum atomic E-state index is -3.59. The summed E-state index contributed by atoms with van der Waals surface area (Å²) < 4.78 is 32.9. The summed E-state index contributed by atoms with van der Waals surface area (Å²) in [5.74, 6) is 1.08. The van der Waals surface area contributed by atoms with Crippen LogP contribution in [0.2, 0.25) is 5.02 Å². The monoisotopic (exact) mass is 367 g/mol. The Morgan fingerprint density at radius 2 is 2.08 bits per heavy atom. The van der Waals surface area contributed by atoms with E-state index in [0.717, 1.165) is 0 Å². The molecule has 1 aliphatic rings. The summed E-state index contributed by atoms with van der Waals surface area (Å²) in [6.07, 6.45) is 2.01. The molecule has 8 heteroatoms. The van der Waals surface area contributed by atoms with Crippen molar-refractivity contribution in [3.63, 3.8) is 0 Å². The van der Waals surface area contributed by atoms with Gasteiger partial charge in [0.15, 0.2) is 0 Å². The second-order valence-corrected chi connectivity index (χ2v) is 8.01. The lowest BCUT2D eigenvalue weighted by Crippen LogP contribution is -2.31. The van der Waals surface area contributed by atoms with Gasteiger partial charge in [-0.2, -0.15) is 9.29 Å². The van der Waals surface area contributed by atoms with Crippen LogP contribution in [0.25, 0.3) is 0 Å². The molecule has 128 valence electrons. The van der Waals surface area contributed by atoms with Crippen LogP contribution in [0, 0.1) is 13.8 Å². The van der Waals surface area contributed by atoms with Crippen LogP contribution >= 0.6 is 11.6 Å². The summed E-state index contributed by atoms with van der Waals surface area (Å²) in [7, 11) is -3.59. The third-order valence-corrected chi connectivity index (χ3v) is 6.40. The zero-order valence-corrected chi connectivity index (χ0v) is 15.0. The highest BCUT2D eigenvalue weighted by molar-refractivity contribution is 7.89. The molecule has 6 nitrogen and oxygen atoms in total. The van der Waals surface area contributed by atoms with Gasteiger partial charge >= 0.3 is 0 Å². The number of benzene rings is 1. The van der Waals surface area contributed by atoms with Gasteiger partial charge in [0.1, 0.15) is 11.9 Å². The lowest BCUT2D eigenvalue weighted by Gasteiger charge is -2.18. The Kier molecular flexibility index (Phi) is 4.76. The molecule has 0 bridgehead atoms. The first-order chi connectivity index (χ1) is 11.4. The van der Waals surface area contributed by atoms with Crippen LogP contribution in [0.3, 0.4) is 0 Å². The van der Waals surface area contributed by atoms with Crippen molar-refractivity contribution >= 4 is 21.6 Å². The fourth-order valence-electron chi connectivity index (χ4n) is 2.69. The van der Waals surface area contributed by atoms with E-state index in [0.29, 0.717) is 35.3 Å². The topological polar surface area (TPSA) is 72.4 Å². The van der Waals surface area contributed by atoms with Gasteiger partial charge in [-0.05, 0) is 38.0 Å². The van der Waals surface area contributed by atoms with Crippen molar-refractivity contribution in [1.82, 2.24) is 14.3 Å². The van der Waals surface area contributed by atoms with Crippen LogP contribution in [0.4, 0.5) is 0 Å². The smallest absolute Gasteiger partial charge is 0.243 e. The van der Waals surface area contributed by atoms with Gasteiger partial charge in [-0.15, -0.1) is 0 Å². The van der Waals surface area contributed by atoms with Gasteiger partial charge in [-0.25, -0.2) is 13.4 Å². The van der Waals surface area contributed by atoms with Crippen LogP contribution in [-0.4, -0.2) is 41.9 Å². The number of aromatic nitrogens is 2. The minimum absolute atomic E-state index is 0.228. The van der Waals surface area contributed by atoms with Crippen LogP contribution in [-0.2, 0) is 10.0 Å². The molecule has 2 heterocycles. The Labute approximate surface area is 146 Å². The second kappa shape index (κ2) is 6.66. The number of rotatable bonds is 4. The summed E-state index contributed by atoms with van der Waals surface area (Å²) in [4.78, 5) is 8.45. The van der Waals surface area contributed by atoms with E-state index in [1.54, 1.807) is 44.3 Å². The van der Waals surface area contributed by atoms with Gasteiger partial charge in [0, 0.05) is 23.8 Å². The van der Waals surface area contributed by atoms with E-state index >= 15 is 0 Å². The van der Waals surface area contributed by atoms with E-state index in [2.05, 4.69) is 9.97 Å². The van der Waals surface area contributed by atoms with Crippen LogP contribution in [0.1, 0.15) is 17.8 Å². The van der Waals surface area contributed by atoms with Gasteiger partial charge in [0.25, 0.3) is 0 Å². The summed E-state index contributed by atoms with van der Waals surface area (Å²) in [6.45, 7) is 4.18. The van der Waals surface area contributed by atoms with Crippen LogP contribution < -0.4 is 4.74 Å². The van der Waals surface area contributed by atoms with Crippen LogP contribution in [0.15, 0.2) is 35.4 Å². The lowest BCUT2D eigenvalue weighted by atomic mass is 10.2. The SMILES string of the molecule is Cc1nccc(O[C@H]2CCN(S(=O)(=O)c3cccc(Cl)c3C)C2)n1. The third kappa shape index (κ3) is 3.38. The molecule has 0 N–H and O–H groups in total. The first kappa shape index (κ1) is 17.1. The molecular weight excluding hydrogens is 350 g/mol. The highest BCUT2D eigenvalue weighted by Crippen LogP contribution is 2.28. The number of aryl methyl sites for hydroxylation is 1. The highest BCUT2D eigenvalue weighted by Gasteiger charge is 2.34. The van der Waals surface area contributed by atoms with Crippen molar-refractivity contribution in [2.75, 3.05) is 13.1 Å².